The van der Waals surface area contributed by atoms with Crippen LogP contribution in [0.3, 0.4) is 0 Å². The maximum atomic E-state index is 5.72. The van der Waals surface area contributed by atoms with E-state index in [1.165, 1.54) is 5.56 Å². The highest BCUT2D eigenvalue weighted by Gasteiger charge is 2.09. The molecule has 18 heavy (non-hydrogen) atoms. The minimum absolute atomic E-state index is 0.396. The van der Waals surface area contributed by atoms with Crippen LogP contribution in [0.25, 0.3) is 0 Å². The molecule has 2 N–H and O–H groups in total. The van der Waals surface area contributed by atoms with E-state index in [0.717, 1.165) is 17.8 Å². The number of thiocarbonyl (C=S) groups is 1. The zero-order chi connectivity index (χ0) is 13.0. The summed E-state index contributed by atoms with van der Waals surface area (Å²) in [5, 5.41) is 0. The first-order chi connectivity index (χ1) is 8.68. The summed E-state index contributed by atoms with van der Waals surface area (Å²) in [5.41, 5.74) is 8.77. The Morgan fingerprint density at radius 3 is 2.67 bits per heavy atom. The largest absolute Gasteiger partial charge is 0.389 e. The Kier molecular flexibility index (Phi) is 3.89. The smallest absolute Gasteiger partial charge is 0.106 e. The Bertz CT molecular complexity index is 540. The van der Waals surface area contributed by atoms with E-state index in [0.29, 0.717) is 4.99 Å². The van der Waals surface area contributed by atoms with Gasteiger partial charge in [0, 0.05) is 25.4 Å². The quantitative estimate of drug-likeness (QED) is 0.854. The van der Waals surface area contributed by atoms with Crippen LogP contribution in [-0.2, 0) is 6.54 Å². The minimum Gasteiger partial charge on any atom is -0.389 e. The van der Waals surface area contributed by atoms with Gasteiger partial charge in [0.05, 0.1) is 11.9 Å². The maximum absolute atomic E-state index is 5.72. The molecule has 0 unspecified atom stereocenters. The normalized spacial score (nSPS) is 10.1. The molecule has 3 nitrogen and oxygen atoms in total. The lowest BCUT2D eigenvalue weighted by Crippen LogP contribution is -2.21. The lowest BCUT2D eigenvalue weighted by molar-refractivity contribution is 0.916. The van der Waals surface area contributed by atoms with Crippen LogP contribution in [0.15, 0.2) is 48.8 Å². The molecule has 0 aliphatic heterocycles. The molecule has 1 aromatic carbocycles. The van der Waals surface area contributed by atoms with Crippen LogP contribution in [0.4, 0.5) is 5.69 Å². The molecule has 92 valence electrons. The number of nitrogens with two attached hydrogens (primary N) is 1. The number of pyridine rings is 1. The van der Waals surface area contributed by atoms with Crippen LogP contribution in [0.2, 0.25) is 0 Å². The Labute approximate surface area is 112 Å². The maximum Gasteiger partial charge on any atom is 0.106 e. The first-order valence-electron chi connectivity index (χ1n) is 5.67. The molecule has 0 aliphatic carbocycles. The van der Waals surface area contributed by atoms with Crippen LogP contribution < -0.4 is 10.6 Å². The van der Waals surface area contributed by atoms with Crippen molar-refractivity contribution < 1.29 is 0 Å². The third kappa shape index (κ3) is 2.84. The van der Waals surface area contributed by atoms with Crippen molar-refractivity contribution in [3.8, 4) is 0 Å². The van der Waals surface area contributed by atoms with Crippen molar-refractivity contribution in [1.82, 2.24) is 4.98 Å². The molecule has 0 saturated carbocycles. The van der Waals surface area contributed by atoms with E-state index >= 15 is 0 Å². The van der Waals surface area contributed by atoms with Crippen molar-refractivity contribution >= 4 is 22.9 Å². The topological polar surface area (TPSA) is 42.2 Å². The number of anilines is 1. The third-order valence-electron chi connectivity index (χ3n) is 2.74. The molecule has 0 aliphatic rings. The van der Waals surface area contributed by atoms with Gasteiger partial charge in [0.15, 0.2) is 0 Å². The predicted octanol–water partition coefficient (Wildman–Crippen LogP) is 2.35. The summed E-state index contributed by atoms with van der Waals surface area (Å²) in [6.07, 6.45) is 3.49. The van der Waals surface area contributed by atoms with Crippen LogP contribution >= 0.6 is 12.2 Å². The molecule has 4 heteroatoms. The molecule has 0 spiro atoms. The Morgan fingerprint density at radius 1 is 1.28 bits per heavy atom. The molecular formula is C14H15N3S. The van der Waals surface area contributed by atoms with Crippen molar-refractivity contribution in [3.05, 3.63) is 59.9 Å². The molecule has 0 radical (unpaired) electrons. The number of benzene rings is 1. The van der Waals surface area contributed by atoms with Gasteiger partial charge in [0.2, 0.25) is 0 Å². The van der Waals surface area contributed by atoms with Crippen molar-refractivity contribution in [2.45, 2.75) is 6.54 Å². The fourth-order valence-electron chi connectivity index (χ4n) is 1.84. The van der Waals surface area contributed by atoms with Crippen LogP contribution in [0.5, 0.6) is 0 Å². The summed E-state index contributed by atoms with van der Waals surface area (Å²) in [4.78, 5) is 6.62. The van der Waals surface area contributed by atoms with Gasteiger partial charge in [-0.15, -0.1) is 0 Å². The lowest BCUT2D eigenvalue weighted by Gasteiger charge is -2.21. The standard InChI is InChI=1S/C14H15N3S/c1-17(10-11-5-3-2-4-6-11)13-9-16-8-7-12(13)14(15)18/h2-9H,10H2,1H3,(H2,15,18). The van der Waals surface area contributed by atoms with E-state index in [1.54, 1.807) is 12.4 Å². The molecular weight excluding hydrogens is 242 g/mol. The Hall–Kier alpha value is -1.94. The van der Waals surface area contributed by atoms with Gasteiger partial charge in [-0.3, -0.25) is 4.98 Å². The highest BCUT2D eigenvalue weighted by Crippen LogP contribution is 2.19. The van der Waals surface area contributed by atoms with Crippen molar-refractivity contribution in [2.75, 3.05) is 11.9 Å². The average Bonchev–Trinajstić information content (AvgIpc) is 2.40. The van der Waals surface area contributed by atoms with E-state index in [1.807, 2.05) is 31.3 Å². The third-order valence-corrected chi connectivity index (χ3v) is 2.96. The minimum atomic E-state index is 0.396. The molecule has 1 aromatic heterocycles. The number of nitrogens with zero attached hydrogens (tertiary/aromatic N) is 2. The van der Waals surface area contributed by atoms with Crippen LogP contribution in [0.1, 0.15) is 11.1 Å². The molecule has 0 amide bonds. The van der Waals surface area contributed by atoms with Gasteiger partial charge in [0.1, 0.15) is 4.99 Å². The second-order valence-corrected chi connectivity index (χ2v) is 4.54. The lowest BCUT2D eigenvalue weighted by atomic mass is 10.1. The van der Waals surface area contributed by atoms with Gasteiger partial charge >= 0.3 is 0 Å². The Balaban J connectivity index is 2.24. The van der Waals surface area contributed by atoms with E-state index in [4.69, 9.17) is 18.0 Å². The van der Waals surface area contributed by atoms with Gasteiger partial charge in [-0.05, 0) is 11.6 Å². The van der Waals surface area contributed by atoms with Gasteiger partial charge in [-0.1, -0.05) is 42.5 Å². The summed E-state index contributed by atoms with van der Waals surface area (Å²) >= 11 is 5.06. The fourth-order valence-corrected chi connectivity index (χ4v) is 2.01. The number of hydrogen-bond donors (Lipinski definition) is 1. The summed E-state index contributed by atoms with van der Waals surface area (Å²) in [6.45, 7) is 0.794. The summed E-state index contributed by atoms with van der Waals surface area (Å²) in [5.74, 6) is 0. The molecule has 0 fully saturated rings. The monoisotopic (exact) mass is 257 g/mol. The van der Waals surface area contributed by atoms with Crippen LogP contribution in [0, 0.1) is 0 Å². The highest BCUT2D eigenvalue weighted by atomic mass is 32.1. The van der Waals surface area contributed by atoms with E-state index in [-0.39, 0.29) is 0 Å². The Morgan fingerprint density at radius 2 is 2.00 bits per heavy atom. The van der Waals surface area contributed by atoms with Gasteiger partial charge in [0.25, 0.3) is 0 Å². The molecule has 0 saturated heterocycles. The number of hydrogen-bond acceptors (Lipinski definition) is 3. The highest BCUT2D eigenvalue weighted by molar-refractivity contribution is 7.80. The van der Waals surface area contributed by atoms with Gasteiger partial charge in [-0.25, -0.2) is 0 Å². The van der Waals surface area contributed by atoms with Crippen molar-refractivity contribution in [2.24, 2.45) is 5.73 Å². The summed E-state index contributed by atoms with van der Waals surface area (Å²) in [7, 11) is 2.01. The van der Waals surface area contributed by atoms with E-state index in [9.17, 15) is 0 Å². The molecule has 0 bridgehead atoms. The van der Waals surface area contributed by atoms with Gasteiger partial charge in [-0.2, -0.15) is 0 Å². The van der Waals surface area contributed by atoms with E-state index < -0.39 is 0 Å². The second-order valence-electron chi connectivity index (χ2n) is 4.10. The zero-order valence-corrected chi connectivity index (χ0v) is 11.0. The van der Waals surface area contributed by atoms with Crippen LogP contribution in [-0.4, -0.2) is 17.0 Å². The first-order valence-corrected chi connectivity index (χ1v) is 6.08. The first kappa shape index (κ1) is 12.5. The number of rotatable bonds is 4. The summed E-state index contributed by atoms with van der Waals surface area (Å²) in [6, 6.07) is 12.1. The predicted molar refractivity (Wildman–Crippen MR) is 78.7 cm³/mol. The molecule has 0 atom stereocenters. The fraction of sp³-hybridized carbons (Fsp3) is 0.143. The van der Waals surface area contributed by atoms with Gasteiger partial charge < -0.3 is 10.6 Å². The summed E-state index contributed by atoms with van der Waals surface area (Å²) < 4.78 is 0. The zero-order valence-electron chi connectivity index (χ0n) is 10.2. The van der Waals surface area contributed by atoms with Crippen molar-refractivity contribution in [1.29, 1.82) is 0 Å². The second kappa shape index (κ2) is 5.60. The number of aromatic nitrogens is 1. The SMILES string of the molecule is CN(Cc1ccccc1)c1cnccc1C(N)=S. The molecule has 2 aromatic rings. The van der Waals surface area contributed by atoms with Crippen molar-refractivity contribution in [3.63, 3.8) is 0 Å². The van der Waals surface area contributed by atoms with E-state index in [2.05, 4.69) is 22.0 Å². The molecule has 1 heterocycles. The average molecular weight is 257 g/mol. The molecule has 2 rings (SSSR count).